The Morgan fingerprint density at radius 2 is 1.93 bits per heavy atom. The van der Waals surface area contributed by atoms with Crippen molar-refractivity contribution in [3.63, 3.8) is 0 Å². The maximum absolute atomic E-state index is 12.3. The van der Waals surface area contributed by atoms with Gasteiger partial charge in [-0.25, -0.2) is 0 Å². The molecule has 0 saturated carbocycles. The molecule has 3 aromatic rings. The van der Waals surface area contributed by atoms with Crippen LogP contribution in [0.3, 0.4) is 0 Å². The van der Waals surface area contributed by atoms with E-state index < -0.39 is 10.8 Å². The molecule has 0 spiro atoms. The first-order valence-electron chi connectivity index (χ1n) is 8.13. The number of amides is 1. The number of phenolic OH excluding ortho intramolecular Hbond substituents is 1. The van der Waals surface area contributed by atoms with Crippen molar-refractivity contribution in [3.8, 4) is 23.1 Å². The molecule has 0 aliphatic carbocycles. The number of halogens is 1. The van der Waals surface area contributed by atoms with Crippen LogP contribution in [-0.2, 0) is 4.79 Å². The van der Waals surface area contributed by atoms with E-state index in [1.54, 1.807) is 6.07 Å². The summed E-state index contributed by atoms with van der Waals surface area (Å²) in [5, 5.41) is 32.5. The first kappa shape index (κ1) is 19.7. The van der Waals surface area contributed by atoms with Crippen LogP contribution in [0.25, 0.3) is 17.4 Å². The van der Waals surface area contributed by atoms with Gasteiger partial charge in [0.1, 0.15) is 28.9 Å². The van der Waals surface area contributed by atoms with Crippen molar-refractivity contribution in [2.45, 2.75) is 0 Å². The van der Waals surface area contributed by atoms with E-state index in [0.29, 0.717) is 5.69 Å². The molecule has 144 valence electrons. The molecule has 9 heteroatoms. The summed E-state index contributed by atoms with van der Waals surface area (Å²) in [5.41, 5.74) is 0.148. The van der Waals surface area contributed by atoms with E-state index in [9.17, 15) is 25.3 Å². The number of furan rings is 1. The van der Waals surface area contributed by atoms with Gasteiger partial charge in [-0.05, 0) is 48.5 Å². The highest BCUT2D eigenvalue weighted by Crippen LogP contribution is 2.33. The topological polar surface area (TPSA) is 129 Å². The Hall–Kier alpha value is -4.09. The highest BCUT2D eigenvalue weighted by atomic mass is 35.5. The summed E-state index contributed by atoms with van der Waals surface area (Å²) in [5.74, 6) is -0.274. The van der Waals surface area contributed by atoms with E-state index >= 15 is 0 Å². The molecule has 1 amide bonds. The summed E-state index contributed by atoms with van der Waals surface area (Å²) in [4.78, 5) is 22.9. The number of rotatable bonds is 5. The van der Waals surface area contributed by atoms with Gasteiger partial charge in [0.15, 0.2) is 0 Å². The van der Waals surface area contributed by atoms with E-state index in [-0.39, 0.29) is 39.1 Å². The monoisotopic (exact) mass is 409 g/mol. The number of nitro benzene ring substituents is 1. The van der Waals surface area contributed by atoms with Crippen molar-refractivity contribution in [2.75, 3.05) is 5.32 Å². The number of hydrogen-bond donors (Lipinski definition) is 2. The van der Waals surface area contributed by atoms with Crippen molar-refractivity contribution in [1.29, 1.82) is 5.26 Å². The van der Waals surface area contributed by atoms with Gasteiger partial charge in [-0.3, -0.25) is 14.9 Å². The van der Waals surface area contributed by atoms with Crippen molar-refractivity contribution < 1.29 is 19.2 Å². The minimum atomic E-state index is -0.673. The van der Waals surface area contributed by atoms with Crippen LogP contribution < -0.4 is 5.32 Å². The zero-order chi connectivity index (χ0) is 21.0. The van der Waals surface area contributed by atoms with Crippen LogP contribution in [0.2, 0.25) is 5.02 Å². The van der Waals surface area contributed by atoms with Crippen LogP contribution in [0, 0.1) is 21.4 Å². The van der Waals surface area contributed by atoms with Crippen LogP contribution in [-0.4, -0.2) is 15.9 Å². The van der Waals surface area contributed by atoms with Crippen LogP contribution in [0.5, 0.6) is 5.75 Å². The number of carbonyl (C=O) groups excluding carboxylic acids is 1. The van der Waals surface area contributed by atoms with Crippen LogP contribution in [0.4, 0.5) is 11.4 Å². The Labute approximate surface area is 169 Å². The lowest BCUT2D eigenvalue weighted by molar-refractivity contribution is -0.384. The van der Waals surface area contributed by atoms with Crippen molar-refractivity contribution in [2.24, 2.45) is 0 Å². The molecule has 0 atom stereocenters. The van der Waals surface area contributed by atoms with Gasteiger partial charge < -0.3 is 14.8 Å². The number of aromatic hydroxyl groups is 1. The number of anilines is 1. The third kappa shape index (κ3) is 4.61. The van der Waals surface area contributed by atoms with Gasteiger partial charge in [-0.15, -0.1) is 0 Å². The van der Waals surface area contributed by atoms with E-state index in [4.69, 9.17) is 16.0 Å². The van der Waals surface area contributed by atoms with Crippen molar-refractivity contribution in [1.82, 2.24) is 0 Å². The second kappa shape index (κ2) is 8.29. The number of nitriles is 1. The number of benzene rings is 2. The van der Waals surface area contributed by atoms with Gasteiger partial charge in [-0.2, -0.15) is 5.26 Å². The quantitative estimate of drug-likeness (QED) is 0.205. The van der Waals surface area contributed by atoms with Crippen molar-refractivity contribution >= 4 is 35.0 Å². The molecule has 0 bridgehead atoms. The number of nitrogens with one attached hydrogen (secondary N) is 1. The van der Waals surface area contributed by atoms with E-state index in [2.05, 4.69) is 5.32 Å². The Kier molecular flexibility index (Phi) is 5.62. The largest absolute Gasteiger partial charge is 0.508 e. The lowest BCUT2D eigenvalue weighted by atomic mass is 10.1. The molecule has 2 aromatic carbocycles. The molecule has 29 heavy (non-hydrogen) atoms. The van der Waals surface area contributed by atoms with Crippen molar-refractivity contribution in [3.05, 3.63) is 81.1 Å². The average molecular weight is 410 g/mol. The summed E-state index contributed by atoms with van der Waals surface area (Å²) in [6.45, 7) is 0. The third-order valence-corrected chi connectivity index (χ3v) is 4.06. The Bertz CT molecular complexity index is 1160. The molecule has 2 N–H and O–H groups in total. The van der Waals surface area contributed by atoms with Gasteiger partial charge in [0.2, 0.25) is 0 Å². The normalized spacial score (nSPS) is 11.0. The minimum absolute atomic E-state index is 0.0402. The molecule has 0 aliphatic heterocycles. The van der Waals surface area contributed by atoms with Gasteiger partial charge in [0.05, 0.1) is 10.5 Å². The summed E-state index contributed by atoms with van der Waals surface area (Å²) in [6.07, 6.45) is 1.22. The third-order valence-electron chi connectivity index (χ3n) is 3.83. The second-order valence-electron chi connectivity index (χ2n) is 5.79. The minimum Gasteiger partial charge on any atom is -0.508 e. The van der Waals surface area contributed by atoms with E-state index in [0.717, 1.165) is 0 Å². The standard InChI is InChI=1S/C20H12ClN3O5/c21-13-1-7-17(18(10-13)24(27)28)19-8-6-16(29-19)9-12(11-22)20(26)23-14-2-4-15(25)5-3-14/h1-10,25H,(H,23,26). The molecule has 0 aliphatic rings. The fourth-order valence-electron chi connectivity index (χ4n) is 2.47. The number of phenols is 1. The predicted octanol–water partition coefficient (Wildman–Crippen LogP) is 4.76. The molecule has 0 saturated heterocycles. The lowest BCUT2D eigenvalue weighted by Crippen LogP contribution is -2.13. The highest BCUT2D eigenvalue weighted by Gasteiger charge is 2.19. The maximum atomic E-state index is 12.3. The first-order valence-corrected chi connectivity index (χ1v) is 8.51. The molecule has 8 nitrogen and oxygen atoms in total. The smallest absolute Gasteiger partial charge is 0.281 e. The van der Waals surface area contributed by atoms with Gasteiger partial charge >= 0.3 is 0 Å². The summed E-state index contributed by atoms with van der Waals surface area (Å²) < 4.78 is 5.56. The van der Waals surface area contributed by atoms with Crippen LogP contribution in [0.1, 0.15) is 5.76 Å². The molecule has 0 unspecified atom stereocenters. The summed E-state index contributed by atoms with van der Waals surface area (Å²) >= 11 is 5.81. The van der Waals surface area contributed by atoms with Gasteiger partial charge in [-0.1, -0.05) is 11.6 Å². The molecule has 1 heterocycles. The molecular weight excluding hydrogens is 398 g/mol. The fourth-order valence-corrected chi connectivity index (χ4v) is 2.64. The van der Waals surface area contributed by atoms with E-state index in [1.807, 2.05) is 0 Å². The molecule has 0 fully saturated rings. The Balaban J connectivity index is 1.86. The van der Waals surface area contributed by atoms with E-state index in [1.165, 1.54) is 60.7 Å². The molecule has 0 radical (unpaired) electrons. The van der Waals surface area contributed by atoms with Crippen LogP contribution >= 0.6 is 11.6 Å². The van der Waals surface area contributed by atoms with Gasteiger partial charge in [0.25, 0.3) is 11.6 Å². The average Bonchev–Trinajstić information content (AvgIpc) is 3.16. The fraction of sp³-hybridized carbons (Fsp3) is 0. The number of nitro groups is 1. The predicted molar refractivity (Wildman–Crippen MR) is 106 cm³/mol. The zero-order valence-electron chi connectivity index (χ0n) is 14.6. The molecule has 1 aromatic heterocycles. The number of carbonyl (C=O) groups is 1. The zero-order valence-corrected chi connectivity index (χ0v) is 15.4. The number of nitrogens with zero attached hydrogens (tertiary/aromatic N) is 2. The summed E-state index contributed by atoms with van der Waals surface area (Å²) in [6, 6.07) is 14.7. The summed E-state index contributed by atoms with van der Waals surface area (Å²) in [7, 11) is 0. The maximum Gasteiger partial charge on any atom is 0.281 e. The first-order chi connectivity index (χ1) is 13.9. The number of hydrogen-bond acceptors (Lipinski definition) is 6. The van der Waals surface area contributed by atoms with Gasteiger partial charge in [0, 0.05) is 22.9 Å². The molecule has 3 rings (SSSR count). The van der Waals surface area contributed by atoms with Crippen LogP contribution in [0.15, 0.2) is 64.6 Å². The Morgan fingerprint density at radius 1 is 1.21 bits per heavy atom. The molecular formula is C20H12ClN3O5. The Morgan fingerprint density at radius 3 is 2.59 bits per heavy atom. The SMILES string of the molecule is N#CC(=Cc1ccc(-c2ccc(Cl)cc2[N+](=O)[O-])o1)C(=O)Nc1ccc(O)cc1. The lowest BCUT2D eigenvalue weighted by Gasteiger charge is -2.04. The highest BCUT2D eigenvalue weighted by molar-refractivity contribution is 6.30. The second-order valence-corrected chi connectivity index (χ2v) is 6.23.